The molecule has 0 saturated carbocycles. The van der Waals surface area contributed by atoms with Gasteiger partial charge in [-0.05, 0) is 66.9 Å². The molecular weight excluding hydrogens is 472 g/mol. The molecule has 0 amide bonds. The van der Waals surface area contributed by atoms with Crippen LogP contribution in [0.4, 0.5) is 11.4 Å². The van der Waals surface area contributed by atoms with E-state index in [0.29, 0.717) is 0 Å². The fourth-order valence-corrected chi connectivity index (χ4v) is 5.29. The van der Waals surface area contributed by atoms with Gasteiger partial charge in [0, 0.05) is 29.5 Å². The van der Waals surface area contributed by atoms with Crippen molar-refractivity contribution in [2.75, 3.05) is 16.3 Å². The summed E-state index contributed by atoms with van der Waals surface area (Å²) >= 11 is 0. The van der Waals surface area contributed by atoms with Crippen molar-refractivity contribution in [3.8, 4) is 11.1 Å². The zero-order chi connectivity index (χ0) is 27.2. The van der Waals surface area contributed by atoms with E-state index in [2.05, 4.69) is 157 Å². The van der Waals surface area contributed by atoms with Gasteiger partial charge in [-0.3, -0.25) is 0 Å². The van der Waals surface area contributed by atoms with E-state index < -0.39 is 0 Å². The molecule has 194 valence electrons. The van der Waals surface area contributed by atoms with Gasteiger partial charge in [0.05, 0.1) is 11.4 Å². The highest BCUT2D eigenvalue weighted by Gasteiger charge is 2.24. The Kier molecular flexibility index (Phi) is 7.94. The maximum absolute atomic E-state index is 4.72. The molecule has 0 spiro atoms. The Morgan fingerprint density at radius 2 is 1.56 bits per heavy atom. The van der Waals surface area contributed by atoms with Crippen molar-refractivity contribution in [2.45, 2.75) is 26.8 Å². The van der Waals surface area contributed by atoms with Crippen LogP contribution in [-0.2, 0) is 0 Å². The number of allylic oxidation sites excluding steroid dienone is 6. The fourth-order valence-electron chi connectivity index (χ4n) is 5.29. The van der Waals surface area contributed by atoms with E-state index in [4.69, 9.17) is 6.58 Å². The minimum absolute atomic E-state index is 0.0905. The first kappa shape index (κ1) is 26.1. The van der Waals surface area contributed by atoms with Crippen LogP contribution >= 0.6 is 0 Å². The number of hydrogen-bond donors (Lipinski definition) is 0. The van der Waals surface area contributed by atoms with E-state index in [1.165, 1.54) is 27.6 Å². The van der Waals surface area contributed by atoms with Crippen molar-refractivity contribution in [1.29, 1.82) is 0 Å². The van der Waals surface area contributed by atoms with Gasteiger partial charge in [-0.25, -0.2) is 0 Å². The summed E-state index contributed by atoms with van der Waals surface area (Å²) in [5.41, 5.74) is 7.96. The summed E-state index contributed by atoms with van der Waals surface area (Å²) in [6.45, 7) is 12.0. The highest BCUT2D eigenvalue weighted by Crippen LogP contribution is 2.40. The summed E-state index contributed by atoms with van der Waals surface area (Å²) < 4.78 is 0. The third kappa shape index (κ3) is 5.51. The molecule has 1 atom stereocenters. The molecule has 4 aromatic rings. The molecule has 1 aliphatic heterocycles. The molecule has 39 heavy (non-hydrogen) atoms. The predicted octanol–water partition coefficient (Wildman–Crippen LogP) is 9.78. The summed E-state index contributed by atoms with van der Waals surface area (Å²) in [5, 5.41) is 2.48. The molecule has 2 heteroatoms. The van der Waals surface area contributed by atoms with Gasteiger partial charge < -0.3 is 9.80 Å². The summed E-state index contributed by atoms with van der Waals surface area (Å²) in [6.07, 6.45) is 15.1. The average Bonchev–Trinajstić information content (AvgIpc) is 2.98. The van der Waals surface area contributed by atoms with Crippen LogP contribution in [0.5, 0.6) is 0 Å². The molecule has 2 nitrogen and oxygen atoms in total. The maximum Gasteiger partial charge on any atom is 0.0657 e. The molecular formula is C37H36N2. The van der Waals surface area contributed by atoms with Gasteiger partial charge in [0.1, 0.15) is 0 Å². The van der Waals surface area contributed by atoms with E-state index in [9.17, 15) is 0 Å². The molecule has 1 unspecified atom stereocenters. The van der Waals surface area contributed by atoms with Gasteiger partial charge in [-0.15, -0.1) is 0 Å². The van der Waals surface area contributed by atoms with E-state index in [0.717, 1.165) is 29.2 Å². The Bertz CT molecular complexity index is 1600. The van der Waals surface area contributed by atoms with E-state index in [1.807, 2.05) is 6.92 Å². The smallest absolute Gasteiger partial charge is 0.0657 e. The summed E-state index contributed by atoms with van der Waals surface area (Å²) in [4.78, 5) is 4.74. The van der Waals surface area contributed by atoms with E-state index in [-0.39, 0.29) is 6.04 Å². The Hall–Kier alpha value is -4.56. The Morgan fingerprint density at radius 1 is 0.846 bits per heavy atom. The van der Waals surface area contributed by atoms with Crippen LogP contribution in [0.15, 0.2) is 146 Å². The van der Waals surface area contributed by atoms with Crippen molar-refractivity contribution in [2.24, 2.45) is 0 Å². The van der Waals surface area contributed by atoms with Crippen LogP contribution < -0.4 is 9.80 Å². The first-order valence-corrected chi connectivity index (χ1v) is 13.6. The number of rotatable bonds is 5. The Balaban J connectivity index is 1.65. The quantitative estimate of drug-likeness (QED) is 0.248. The molecule has 0 aromatic heterocycles. The molecule has 0 saturated heterocycles. The second kappa shape index (κ2) is 11.9. The first-order valence-electron chi connectivity index (χ1n) is 13.6. The van der Waals surface area contributed by atoms with Crippen LogP contribution in [0.2, 0.25) is 0 Å². The van der Waals surface area contributed by atoms with Crippen LogP contribution in [0.25, 0.3) is 27.6 Å². The summed E-state index contributed by atoms with van der Waals surface area (Å²) in [6, 6.07) is 32.6. The second-order valence-corrected chi connectivity index (χ2v) is 9.91. The van der Waals surface area contributed by atoms with Crippen LogP contribution in [0.1, 0.15) is 26.3 Å². The molecule has 0 aliphatic carbocycles. The minimum atomic E-state index is 0.0905. The lowest BCUT2D eigenvalue weighted by Gasteiger charge is -2.37. The first-order chi connectivity index (χ1) is 19.1. The largest absolute Gasteiger partial charge is 0.340 e. The zero-order valence-electron chi connectivity index (χ0n) is 23.1. The minimum Gasteiger partial charge on any atom is -0.340 e. The van der Waals surface area contributed by atoms with Crippen molar-refractivity contribution in [3.63, 3.8) is 0 Å². The van der Waals surface area contributed by atoms with Crippen molar-refractivity contribution >= 4 is 27.8 Å². The van der Waals surface area contributed by atoms with Crippen molar-refractivity contribution in [1.82, 2.24) is 0 Å². The predicted molar refractivity (Wildman–Crippen MR) is 171 cm³/mol. The molecule has 0 bridgehead atoms. The number of fused-ring (bicyclic) bond motifs is 2. The lowest BCUT2D eigenvalue weighted by molar-refractivity contribution is 0.863. The number of anilines is 2. The highest BCUT2D eigenvalue weighted by molar-refractivity contribution is 5.94. The monoisotopic (exact) mass is 508 g/mol. The van der Waals surface area contributed by atoms with E-state index in [1.54, 1.807) is 0 Å². The molecule has 0 N–H and O–H groups in total. The summed E-state index contributed by atoms with van der Waals surface area (Å²) in [5.74, 6) is 0. The molecule has 0 fully saturated rings. The third-order valence-corrected chi connectivity index (χ3v) is 7.31. The van der Waals surface area contributed by atoms with Gasteiger partial charge in [0.2, 0.25) is 0 Å². The molecule has 0 radical (unpaired) electrons. The van der Waals surface area contributed by atoms with Crippen LogP contribution in [0, 0.1) is 0 Å². The fraction of sp³-hybridized carbons (Fsp3) is 0.135. The SMILES string of the molecule is C=C(c1ccccc1-c1ccc2ccccc2c1)N1c2ccccc2N(/C(C)=C/C=C\C)C/C=C\C=C/C1C. The molecule has 5 rings (SSSR count). The van der Waals surface area contributed by atoms with Crippen LogP contribution in [0.3, 0.4) is 0 Å². The average molecular weight is 509 g/mol. The standard InChI is InChI=1S/C37H36N2/c1-5-6-16-28(2)38-26-15-7-8-17-29(3)39(37-23-14-13-22-36(37)38)30(4)34-20-11-12-21-35(34)33-25-24-31-18-9-10-19-32(31)27-33/h5-25,27,29H,4,26H2,1-3H3/b6-5-,15-7-,17-8-,28-16+. The van der Waals surface area contributed by atoms with Gasteiger partial charge in [0.25, 0.3) is 0 Å². The normalized spacial score (nSPS) is 17.7. The molecule has 4 aromatic carbocycles. The topological polar surface area (TPSA) is 6.48 Å². The van der Waals surface area contributed by atoms with Crippen molar-refractivity contribution < 1.29 is 0 Å². The van der Waals surface area contributed by atoms with Gasteiger partial charge >= 0.3 is 0 Å². The van der Waals surface area contributed by atoms with Crippen LogP contribution in [-0.4, -0.2) is 12.6 Å². The van der Waals surface area contributed by atoms with Gasteiger partial charge in [-0.1, -0.05) is 116 Å². The molecule has 1 aliphatic rings. The molecule has 1 heterocycles. The number of hydrogen-bond acceptors (Lipinski definition) is 2. The Morgan fingerprint density at radius 3 is 2.38 bits per heavy atom. The lowest BCUT2D eigenvalue weighted by atomic mass is 9.94. The lowest BCUT2D eigenvalue weighted by Crippen LogP contribution is -2.33. The van der Waals surface area contributed by atoms with Crippen molar-refractivity contribution in [3.05, 3.63) is 151 Å². The number of para-hydroxylation sites is 2. The third-order valence-electron chi connectivity index (χ3n) is 7.31. The maximum atomic E-state index is 4.72. The second-order valence-electron chi connectivity index (χ2n) is 9.91. The highest BCUT2D eigenvalue weighted by atomic mass is 15.2. The van der Waals surface area contributed by atoms with Gasteiger partial charge in [0.15, 0.2) is 0 Å². The van der Waals surface area contributed by atoms with E-state index >= 15 is 0 Å². The Labute approximate surface area is 233 Å². The van der Waals surface area contributed by atoms with Gasteiger partial charge in [-0.2, -0.15) is 0 Å². The zero-order valence-corrected chi connectivity index (χ0v) is 23.1. The number of benzene rings is 4. The number of nitrogens with zero attached hydrogens (tertiary/aromatic N) is 2. The summed E-state index contributed by atoms with van der Waals surface area (Å²) in [7, 11) is 0.